The zero-order valence-electron chi connectivity index (χ0n) is 29.6. The Hall–Kier alpha value is -4.41. The fraction of sp³-hybridized carbons (Fsp3) is 0.375. The quantitative estimate of drug-likeness (QED) is 0.0816. The zero-order chi connectivity index (χ0) is 37.7. The minimum atomic E-state index is -0.850. The van der Waals surface area contributed by atoms with Crippen LogP contribution in [0.25, 0.3) is 11.1 Å². The lowest BCUT2D eigenvalue weighted by Crippen LogP contribution is -2.44. The summed E-state index contributed by atoms with van der Waals surface area (Å²) in [5.41, 5.74) is 5.49. The average Bonchev–Trinajstić information content (AvgIpc) is 3.16. The number of halogens is 2. The fourth-order valence-electron chi connectivity index (χ4n) is 6.24. The van der Waals surface area contributed by atoms with E-state index in [0.29, 0.717) is 84.0 Å². The lowest BCUT2D eigenvalue weighted by molar-refractivity contribution is -0.144. The maximum Gasteiger partial charge on any atom is 0.320 e. The van der Waals surface area contributed by atoms with E-state index in [0.717, 1.165) is 40.7 Å². The first-order valence-electron chi connectivity index (χ1n) is 17.6. The number of pyridine rings is 1. The number of aliphatic hydroxyl groups is 2. The number of nitrogens with one attached hydrogen (secondary N) is 1. The molecule has 1 aliphatic rings. The van der Waals surface area contributed by atoms with Gasteiger partial charge in [-0.1, -0.05) is 60.0 Å². The summed E-state index contributed by atoms with van der Waals surface area (Å²) in [6.45, 7) is 4.38. The number of hydrogen-bond donors (Lipinski definition) is 4. The van der Waals surface area contributed by atoms with Gasteiger partial charge in [0.15, 0.2) is 0 Å². The number of aliphatic carboxylic acids is 1. The number of nitrogens with zero attached hydrogens (tertiary/aromatic N) is 3. The molecule has 53 heavy (non-hydrogen) atoms. The van der Waals surface area contributed by atoms with Gasteiger partial charge >= 0.3 is 5.97 Å². The molecule has 0 saturated carbocycles. The zero-order valence-corrected chi connectivity index (χ0v) is 31.1. The maximum atomic E-state index is 12.0. The van der Waals surface area contributed by atoms with Crippen molar-refractivity contribution in [3.8, 4) is 34.4 Å². The van der Waals surface area contributed by atoms with E-state index in [1.165, 1.54) is 6.20 Å². The fourth-order valence-corrected chi connectivity index (χ4v) is 6.76. The number of likely N-dealkylation sites (tertiary alicyclic amines) is 1. The van der Waals surface area contributed by atoms with Crippen LogP contribution in [0.2, 0.25) is 10.0 Å². The third-order valence-corrected chi connectivity index (χ3v) is 9.82. The lowest BCUT2D eigenvalue weighted by atomic mass is 9.96. The number of aliphatic hydroxyl groups excluding tert-OH is 2. The van der Waals surface area contributed by atoms with E-state index in [4.69, 9.17) is 42.5 Å². The molecule has 1 aromatic heterocycles. The summed E-state index contributed by atoms with van der Waals surface area (Å²) in [4.78, 5) is 18.1. The Morgan fingerprint density at radius 3 is 2.60 bits per heavy atom. The molecule has 0 bridgehead atoms. The van der Waals surface area contributed by atoms with Crippen LogP contribution in [0.15, 0.2) is 67.0 Å². The predicted molar refractivity (Wildman–Crippen MR) is 202 cm³/mol. The van der Waals surface area contributed by atoms with Crippen molar-refractivity contribution < 1.29 is 34.3 Å². The van der Waals surface area contributed by atoms with Crippen molar-refractivity contribution >= 4 is 29.2 Å². The summed E-state index contributed by atoms with van der Waals surface area (Å²) in [6.07, 6.45) is 5.35. The van der Waals surface area contributed by atoms with Crippen molar-refractivity contribution in [1.82, 2.24) is 15.2 Å². The van der Waals surface area contributed by atoms with Crippen molar-refractivity contribution in [2.75, 3.05) is 32.8 Å². The van der Waals surface area contributed by atoms with Crippen LogP contribution < -0.4 is 19.5 Å². The SMILES string of the molecule is Cc1c(COc2cc(OCc3cncc(C#N)c3)c(CN3CCCC[C@H]3C(=O)O)cc2Cl)cccc1-c1cccc(OCCCNCC(O)CO)c1Cl. The Morgan fingerprint density at radius 2 is 1.81 bits per heavy atom. The third kappa shape index (κ3) is 10.8. The van der Waals surface area contributed by atoms with Crippen LogP contribution in [0.1, 0.15) is 53.5 Å². The number of carbonyl (C=O) groups is 1. The van der Waals surface area contributed by atoms with Crippen LogP contribution in [0.3, 0.4) is 0 Å². The van der Waals surface area contributed by atoms with E-state index in [2.05, 4.69) is 16.4 Å². The first kappa shape index (κ1) is 39.8. The molecule has 0 spiro atoms. The summed E-state index contributed by atoms with van der Waals surface area (Å²) < 4.78 is 18.6. The molecule has 11 nitrogen and oxygen atoms in total. The van der Waals surface area contributed by atoms with Crippen LogP contribution in [-0.2, 0) is 24.6 Å². The number of carboxylic acids is 1. The Morgan fingerprint density at radius 1 is 1.02 bits per heavy atom. The molecule has 4 aromatic rings. The molecule has 2 atom stereocenters. The van der Waals surface area contributed by atoms with Crippen LogP contribution in [0.4, 0.5) is 0 Å². The summed E-state index contributed by atoms with van der Waals surface area (Å²) in [6, 6.07) is 18.3. The van der Waals surface area contributed by atoms with Crippen molar-refractivity contribution in [1.29, 1.82) is 5.26 Å². The number of aromatic nitrogens is 1. The van der Waals surface area contributed by atoms with E-state index in [1.807, 2.05) is 48.2 Å². The predicted octanol–water partition coefficient (Wildman–Crippen LogP) is 6.54. The second-order valence-electron chi connectivity index (χ2n) is 12.9. The average molecular weight is 764 g/mol. The first-order valence-corrected chi connectivity index (χ1v) is 18.3. The van der Waals surface area contributed by atoms with Gasteiger partial charge in [-0.05, 0) is 74.2 Å². The monoisotopic (exact) mass is 762 g/mol. The van der Waals surface area contributed by atoms with Crippen LogP contribution in [-0.4, -0.2) is 76.2 Å². The van der Waals surface area contributed by atoms with E-state index >= 15 is 0 Å². The second-order valence-corrected chi connectivity index (χ2v) is 13.7. The van der Waals surface area contributed by atoms with E-state index < -0.39 is 18.1 Å². The smallest absolute Gasteiger partial charge is 0.320 e. The number of nitriles is 1. The van der Waals surface area contributed by atoms with Gasteiger partial charge in [0.2, 0.25) is 0 Å². The highest BCUT2D eigenvalue weighted by atomic mass is 35.5. The molecule has 1 aliphatic heterocycles. The van der Waals surface area contributed by atoms with Crippen LogP contribution >= 0.6 is 23.2 Å². The molecule has 2 heterocycles. The molecule has 5 rings (SSSR count). The molecular weight excluding hydrogens is 719 g/mol. The number of hydrogen-bond acceptors (Lipinski definition) is 10. The number of rotatable bonds is 18. The molecule has 13 heteroatoms. The van der Waals surface area contributed by atoms with Crippen LogP contribution in [0, 0.1) is 18.3 Å². The summed E-state index contributed by atoms with van der Waals surface area (Å²) >= 11 is 13.7. The van der Waals surface area contributed by atoms with Gasteiger partial charge in [-0.3, -0.25) is 14.7 Å². The topological polar surface area (TPSA) is 157 Å². The standard InChI is InChI=1S/C40H44Cl2N4O7/c1-26-29(7-4-8-32(26)33-9-5-11-36(39(33)42)51-14-6-12-44-21-31(48)23-47)25-53-38-17-37(52-24-28-15-27(18-43)19-45-20-28)30(16-34(38)41)22-46-13-3-2-10-35(46)40(49)50/h4-5,7-9,11,15-17,19-20,31,35,44,47-48H,2-3,6,10,12-14,21-25H2,1H3,(H,49,50)/t31?,35-/m0/s1. The lowest BCUT2D eigenvalue weighted by Gasteiger charge is -2.33. The summed E-state index contributed by atoms with van der Waals surface area (Å²) in [7, 11) is 0. The van der Waals surface area contributed by atoms with Gasteiger partial charge in [0.05, 0.1) is 34.9 Å². The minimum Gasteiger partial charge on any atom is -0.492 e. The van der Waals surface area contributed by atoms with Gasteiger partial charge in [-0.15, -0.1) is 0 Å². The van der Waals surface area contributed by atoms with E-state index in [9.17, 15) is 20.3 Å². The number of benzene rings is 3. The second kappa shape index (κ2) is 19.6. The van der Waals surface area contributed by atoms with Gasteiger partial charge in [-0.25, -0.2) is 0 Å². The molecule has 1 saturated heterocycles. The molecule has 0 radical (unpaired) electrons. The minimum absolute atomic E-state index is 0.134. The van der Waals surface area contributed by atoms with Gasteiger partial charge in [0.1, 0.15) is 42.6 Å². The molecule has 0 amide bonds. The highest BCUT2D eigenvalue weighted by Gasteiger charge is 2.29. The van der Waals surface area contributed by atoms with Crippen molar-refractivity contribution in [2.45, 2.75) is 64.5 Å². The Bertz CT molecular complexity index is 1900. The highest BCUT2D eigenvalue weighted by Crippen LogP contribution is 2.39. The van der Waals surface area contributed by atoms with Crippen molar-refractivity contribution in [2.24, 2.45) is 0 Å². The molecule has 4 N–H and O–H groups in total. The van der Waals surface area contributed by atoms with Crippen molar-refractivity contribution in [3.05, 3.63) is 105 Å². The molecule has 280 valence electrons. The van der Waals surface area contributed by atoms with Crippen LogP contribution in [0.5, 0.6) is 17.2 Å². The molecule has 1 fully saturated rings. The van der Waals surface area contributed by atoms with Gasteiger partial charge in [0.25, 0.3) is 0 Å². The molecule has 1 unspecified atom stereocenters. The van der Waals surface area contributed by atoms with Gasteiger partial charge in [0, 0.05) is 48.2 Å². The molecule has 3 aromatic carbocycles. The van der Waals surface area contributed by atoms with E-state index in [1.54, 1.807) is 24.4 Å². The Kier molecular flexibility index (Phi) is 14.7. The number of carboxylic acid groups (broad SMARTS) is 1. The normalized spacial score (nSPS) is 15.1. The molecular formula is C40H44Cl2N4O7. The van der Waals surface area contributed by atoms with Gasteiger partial charge in [-0.2, -0.15) is 5.26 Å². The summed E-state index contributed by atoms with van der Waals surface area (Å²) in [5.74, 6) is 0.613. The molecule has 0 aliphatic carbocycles. The summed E-state index contributed by atoms with van der Waals surface area (Å²) in [5, 5.41) is 41.6. The first-order chi connectivity index (χ1) is 25.7. The highest BCUT2D eigenvalue weighted by molar-refractivity contribution is 6.35. The maximum absolute atomic E-state index is 12.0. The number of ether oxygens (including phenoxy) is 3. The third-order valence-electron chi connectivity index (χ3n) is 9.13. The van der Waals surface area contributed by atoms with E-state index in [-0.39, 0.29) is 19.8 Å². The number of piperidine rings is 1. The largest absolute Gasteiger partial charge is 0.492 e. The Labute approximate surface area is 319 Å². The van der Waals surface area contributed by atoms with Crippen molar-refractivity contribution in [3.63, 3.8) is 0 Å². The Balaban J connectivity index is 1.32. The van der Waals surface area contributed by atoms with Gasteiger partial charge < -0.3 is 34.8 Å².